The number of halogens is 1. The van der Waals surface area contributed by atoms with Crippen LogP contribution in [0, 0.1) is 0 Å². The van der Waals surface area contributed by atoms with Crippen molar-refractivity contribution in [1.29, 1.82) is 0 Å². The first-order chi connectivity index (χ1) is 14.9. The lowest BCUT2D eigenvalue weighted by molar-refractivity contribution is 0.0925. The van der Waals surface area contributed by atoms with Gasteiger partial charge in [0.05, 0.1) is 23.2 Å². The Balaban J connectivity index is 1.50. The van der Waals surface area contributed by atoms with Crippen molar-refractivity contribution in [3.63, 3.8) is 0 Å². The molecule has 2 aromatic heterocycles. The summed E-state index contributed by atoms with van der Waals surface area (Å²) < 4.78 is 36.7. The first-order valence-corrected chi connectivity index (χ1v) is 11.0. The summed E-state index contributed by atoms with van der Waals surface area (Å²) in [6.07, 6.45) is 3.16. The van der Waals surface area contributed by atoms with Crippen molar-refractivity contribution in [2.45, 2.75) is 16.3 Å². The van der Waals surface area contributed by atoms with Gasteiger partial charge in [0.2, 0.25) is 9.84 Å². The van der Waals surface area contributed by atoms with Gasteiger partial charge in [-0.1, -0.05) is 29.8 Å². The summed E-state index contributed by atoms with van der Waals surface area (Å²) in [6.45, 7) is 0.198. The van der Waals surface area contributed by atoms with Crippen molar-refractivity contribution in [2.24, 2.45) is 0 Å². The lowest BCUT2D eigenvalue weighted by Gasteiger charge is -2.12. The van der Waals surface area contributed by atoms with E-state index in [1.165, 1.54) is 31.4 Å². The minimum atomic E-state index is -3.88. The summed E-state index contributed by atoms with van der Waals surface area (Å²) in [5, 5.41) is 3.61. The second kappa shape index (κ2) is 8.41. The SMILES string of the molecule is COc1cccc(Cl)c1S(=O)(=O)c1ccc(CNC(=O)c2cc3ccncc3o2)cc1. The lowest BCUT2D eigenvalue weighted by Crippen LogP contribution is -2.22. The molecule has 2 heterocycles. The van der Waals surface area contributed by atoms with E-state index in [2.05, 4.69) is 10.3 Å². The Kier molecular flexibility index (Phi) is 5.67. The van der Waals surface area contributed by atoms with Crippen LogP contribution in [0.25, 0.3) is 11.0 Å². The number of sulfone groups is 1. The Morgan fingerprint density at radius 2 is 1.94 bits per heavy atom. The van der Waals surface area contributed by atoms with Crippen LogP contribution >= 0.6 is 11.6 Å². The van der Waals surface area contributed by atoms with Crippen molar-refractivity contribution in [3.8, 4) is 5.75 Å². The van der Waals surface area contributed by atoms with E-state index in [0.717, 1.165) is 10.9 Å². The number of carbonyl (C=O) groups is 1. The van der Waals surface area contributed by atoms with Crippen LogP contribution in [-0.2, 0) is 16.4 Å². The summed E-state index contributed by atoms with van der Waals surface area (Å²) in [7, 11) is -2.50. The first-order valence-electron chi connectivity index (χ1n) is 9.18. The molecular formula is C22H17ClN2O5S. The smallest absolute Gasteiger partial charge is 0.287 e. The Morgan fingerprint density at radius 3 is 2.65 bits per heavy atom. The Bertz CT molecular complexity index is 1330. The summed E-state index contributed by atoms with van der Waals surface area (Å²) in [5.41, 5.74) is 1.24. The summed E-state index contributed by atoms with van der Waals surface area (Å²) in [5.74, 6) is -0.0356. The second-order valence-electron chi connectivity index (χ2n) is 6.63. The predicted octanol–water partition coefficient (Wildman–Crippen LogP) is 4.25. The number of methoxy groups -OCH3 is 1. The molecule has 1 amide bonds. The van der Waals surface area contributed by atoms with E-state index in [9.17, 15) is 13.2 Å². The van der Waals surface area contributed by atoms with Crippen molar-refractivity contribution < 1.29 is 22.4 Å². The van der Waals surface area contributed by atoms with Gasteiger partial charge in [0, 0.05) is 18.1 Å². The molecule has 0 aliphatic heterocycles. The van der Waals surface area contributed by atoms with E-state index in [0.29, 0.717) is 5.58 Å². The predicted molar refractivity (Wildman–Crippen MR) is 115 cm³/mol. The molecule has 0 radical (unpaired) electrons. The molecule has 0 atom stereocenters. The molecule has 0 aliphatic rings. The van der Waals surface area contributed by atoms with Gasteiger partial charge < -0.3 is 14.5 Å². The van der Waals surface area contributed by atoms with Gasteiger partial charge in [-0.15, -0.1) is 0 Å². The number of nitrogens with zero attached hydrogens (tertiary/aromatic N) is 1. The third-order valence-electron chi connectivity index (χ3n) is 4.65. The molecule has 0 fully saturated rings. The fourth-order valence-corrected chi connectivity index (χ4v) is 5.02. The van der Waals surface area contributed by atoms with Crippen molar-refractivity contribution in [3.05, 3.63) is 83.3 Å². The number of aromatic nitrogens is 1. The Morgan fingerprint density at radius 1 is 1.16 bits per heavy atom. The fourth-order valence-electron chi connectivity index (χ4n) is 3.08. The van der Waals surface area contributed by atoms with E-state index in [-0.39, 0.29) is 38.8 Å². The van der Waals surface area contributed by atoms with Crippen LogP contribution in [0.3, 0.4) is 0 Å². The second-order valence-corrected chi connectivity index (χ2v) is 8.92. The van der Waals surface area contributed by atoms with Gasteiger partial charge in [0.25, 0.3) is 5.91 Å². The summed E-state index contributed by atoms with van der Waals surface area (Å²) >= 11 is 6.13. The largest absolute Gasteiger partial charge is 0.495 e. The topological polar surface area (TPSA) is 98.5 Å². The van der Waals surface area contributed by atoms with Gasteiger partial charge in [0.1, 0.15) is 10.6 Å². The molecule has 7 nitrogen and oxygen atoms in total. The van der Waals surface area contributed by atoms with Crippen LogP contribution in [-0.4, -0.2) is 26.4 Å². The van der Waals surface area contributed by atoms with E-state index in [4.69, 9.17) is 20.8 Å². The molecule has 4 aromatic rings. The number of carbonyl (C=O) groups excluding carboxylic acids is 1. The van der Waals surface area contributed by atoms with E-state index in [1.54, 1.807) is 42.7 Å². The first kappa shape index (κ1) is 20.9. The molecule has 0 bridgehead atoms. The van der Waals surface area contributed by atoms with Crippen LogP contribution in [0.5, 0.6) is 5.75 Å². The zero-order chi connectivity index (χ0) is 22.0. The van der Waals surface area contributed by atoms with Crippen LogP contribution in [0.1, 0.15) is 16.1 Å². The van der Waals surface area contributed by atoms with Crippen molar-refractivity contribution in [2.75, 3.05) is 7.11 Å². The number of benzene rings is 2. The number of hydrogen-bond donors (Lipinski definition) is 1. The molecule has 158 valence electrons. The number of hydrogen-bond acceptors (Lipinski definition) is 6. The van der Waals surface area contributed by atoms with Gasteiger partial charge in [-0.2, -0.15) is 0 Å². The van der Waals surface area contributed by atoms with Crippen LogP contribution in [0.2, 0.25) is 5.02 Å². The van der Waals surface area contributed by atoms with Gasteiger partial charge in [-0.05, 0) is 42.0 Å². The number of pyridine rings is 1. The van der Waals surface area contributed by atoms with Crippen LogP contribution < -0.4 is 10.1 Å². The summed E-state index contributed by atoms with van der Waals surface area (Å²) in [6, 6.07) is 14.2. The highest BCUT2D eigenvalue weighted by Gasteiger charge is 2.25. The maximum absolute atomic E-state index is 13.0. The van der Waals surface area contributed by atoms with Gasteiger partial charge in [-0.3, -0.25) is 9.78 Å². The Labute approximate surface area is 183 Å². The molecule has 0 aliphatic carbocycles. The maximum Gasteiger partial charge on any atom is 0.287 e. The molecule has 9 heteroatoms. The third-order valence-corrected chi connectivity index (χ3v) is 6.93. The normalized spacial score (nSPS) is 11.4. The number of furan rings is 1. The molecule has 2 aromatic carbocycles. The lowest BCUT2D eigenvalue weighted by atomic mass is 10.2. The molecule has 0 saturated carbocycles. The van der Waals surface area contributed by atoms with Gasteiger partial charge in [-0.25, -0.2) is 8.42 Å². The van der Waals surface area contributed by atoms with E-state index in [1.807, 2.05) is 0 Å². The van der Waals surface area contributed by atoms with Gasteiger partial charge in [0.15, 0.2) is 11.3 Å². The highest BCUT2D eigenvalue weighted by molar-refractivity contribution is 7.91. The third kappa shape index (κ3) is 4.12. The zero-order valence-electron chi connectivity index (χ0n) is 16.3. The molecule has 0 saturated heterocycles. The minimum absolute atomic E-state index is 0.0683. The highest BCUT2D eigenvalue weighted by atomic mass is 35.5. The minimum Gasteiger partial charge on any atom is -0.495 e. The van der Waals surface area contributed by atoms with E-state index < -0.39 is 9.84 Å². The highest BCUT2D eigenvalue weighted by Crippen LogP contribution is 2.35. The molecule has 0 spiro atoms. The van der Waals surface area contributed by atoms with Crippen LogP contribution in [0.15, 0.2) is 81.2 Å². The average molecular weight is 457 g/mol. The number of rotatable bonds is 6. The number of ether oxygens (including phenoxy) is 1. The number of nitrogens with one attached hydrogen (secondary N) is 1. The molecule has 0 unspecified atom stereocenters. The monoisotopic (exact) mass is 456 g/mol. The standard InChI is InChI=1S/C22H17ClN2O5S/c1-29-18-4-2-3-17(23)21(18)31(27,28)16-7-5-14(6-8-16)12-25-22(26)19-11-15-9-10-24-13-20(15)30-19/h2-11,13H,12H2,1H3,(H,25,26). The number of fused-ring (bicyclic) bond motifs is 1. The molecule has 31 heavy (non-hydrogen) atoms. The Hall–Kier alpha value is -3.36. The molecule has 1 N–H and O–H groups in total. The average Bonchev–Trinajstić information content (AvgIpc) is 3.22. The van der Waals surface area contributed by atoms with Crippen molar-refractivity contribution >= 4 is 38.3 Å². The quantitative estimate of drug-likeness (QED) is 0.465. The van der Waals surface area contributed by atoms with Gasteiger partial charge >= 0.3 is 0 Å². The van der Waals surface area contributed by atoms with E-state index >= 15 is 0 Å². The fraction of sp³-hybridized carbons (Fsp3) is 0.0909. The molecule has 4 rings (SSSR count). The number of amides is 1. The maximum atomic E-state index is 13.0. The van der Waals surface area contributed by atoms with Crippen molar-refractivity contribution in [1.82, 2.24) is 10.3 Å². The van der Waals surface area contributed by atoms with Crippen LogP contribution in [0.4, 0.5) is 0 Å². The molecular weight excluding hydrogens is 440 g/mol. The zero-order valence-corrected chi connectivity index (χ0v) is 17.9. The summed E-state index contributed by atoms with van der Waals surface area (Å²) in [4.78, 5) is 16.3.